The van der Waals surface area contributed by atoms with Gasteiger partial charge in [0.15, 0.2) is 0 Å². The van der Waals surface area contributed by atoms with E-state index in [9.17, 15) is 4.79 Å². The molecule has 1 aromatic rings. The zero-order chi connectivity index (χ0) is 8.10. The van der Waals surface area contributed by atoms with Crippen molar-refractivity contribution in [2.24, 2.45) is 5.73 Å². The van der Waals surface area contributed by atoms with Crippen LogP contribution in [0.3, 0.4) is 0 Å². The molecule has 0 bridgehead atoms. The van der Waals surface area contributed by atoms with E-state index in [1.54, 1.807) is 0 Å². The van der Waals surface area contributed by atoms with Gasteiger partial charge in [0.25, 0.3) is 0 Å². The highest BCUT2D eigenvalue weighted by molar-refractivity contribution is 5.76. The molecule has 0 saturated carbocycles. The number of nitrogens with zero attached hydrogens (tertiary/aromatic N) is 1. The number of rotatable bonds is 1. The average molecular weight is 150 g/mol. The summed E-state index contributed by atoms with van der Waals surface area (Å²) in [5.74, 6) is 4.78. The second-order valence-electron chi connectivity index (χ2n) is 1.86. The summed E-state index contributed by atoms with van der Waals surface area (Å²) in [6.07, 6.45) is 2.92. The summed E-state index contributed by atoms with van der Waals surface area (Å²) in [4.78, 5) is 10.2. The predicted molar refractivity (Wildman–Crippen MR) is 37.2 cm³/mol. The van der Waals surface area contributed by atoms with Crippen LogP contribution >= 0.6 is 0 Å². The summed E-state index contributed by atoms with van der Waals surface area (Å²) >= 11 is 0. The van der Waals surface area contributed by atoms with Crippen LogP contribution < -0.4 is 5.73 Å². The Hall–Kier alpha value is -1.76. The lowest BCUT2D eigenvalue weighted by atomic mass is 10.3. The summed E-state index contributed by atoms with van der Waals surface area (Å²) in [6.45, 7) is 0. The highest BCUT2D eigenvalue weighted by atomic mass is 16.5. The molecule has 11 heavy (non-hydrogen) atoms. The molecule has 1 aromatic heterocycles. The molecule has 4 heteroatoms. The molecular weight excluding hydrogens is 144 g/mol. The van der Waals surface area contributed by atoms with Crippen molar-refractivity contribution in [3.8, 4) is 11.8 Å². The molecule has 1 heterocycles. The molecule has 0 atom stereocenters. The number of carbonyl (C=O) groups is 1. The van der Waals surface area contributed by atoms with Crippen LogP contribution in [0.1, 0.15) is 12.0 Å². The van der Waals surface area contributed by atoms with Gasteiger partial charge in [-0.2, -0.15) is 0 Å². The third kappa shape index (κ3) is 2.54. The molecule has 2 N–H and O–H groups in total. The first-order valence-corrected chi connectivity index (χ1v) is 2.95. The molecule has 0 spiro atoms. The highest BCUT2D eigenvalue weighted by Gasteiger charge is 1.88. The predicted octanol–water partition coefficient (Wildman–Crippen LogP) is -0.0985. The Morgan fingerprint density at radius 2 is 2.64 bits per heavy atom. The molecule has 0 aliphatic rings. The molecule has 0 aliphatic heterocycles. The summed E-state index contributed by atoms with van der Waals surface area (Å²) in [5, 5.41) is 3.43. The first-order valence-electron chi connectivity index (χ1n) is 2.95. The van der Waals surface area contributed by atoms with Crippen LogP contribution in [0.25, 0.3) is 0 Å². The molecule has 4 nitrogen and oxygen atoms in total. The number of primary amides is 1. The smallest absolute Gasteiger partial charge is 0.229 e. The van der Waals surface area contributed by atoms with Crippen molar-refractivity contribution in [1.82, 2.24) is 5.16 Å². The van der Waals surface area contributed by atoms with Gasteiger partial charge in [-0.25, -0.2) is 0 Å². The highest BCUT2D eigenvalue weighted by Crippen LogP contribution is 1.91. The first kappa shape index (κ1) is 7.35. The lowest BCUT2D eigenvalue weighted by Gasteiger charge is -1.77. The number of hydrogen-bond acceptors (Lipinski definition) is 3. The van der Waals surface area contributed by atoms with Crippen LogP contribution in [0.5, 0.6) is 0 Å². The maximum atomic E-state index is 10.2. The minimum Gasteiger partial charge on any atom is -0.369 e. The molecule has 0 aliphatic carbocycles. The molecule has 0 radical (unpaired) electrons. The van der Waals surface area contributed by atoms with Crippen LogP contribution in [0.15, 0.2) is 17.0 Å². The fourth-order valence-electron chi connectivity index (χ4n) is 0.500. The Bertz CT molecular complexity index is 292. The van der Waals surface area contributed by atoms with E-state index in [0.717, 1.165) is 0 Å². The standard InChI is InChI=1S/C7H6N2O2/c8-7(10)3-1-2-6-4-9-11-5-6/h4-5H,3H2,(H2,8,10). The van der Waals surface area contributed by atoms with Crippen molar-refractivity contribution in [2.45, 2.75) is 6.42 Å². The Labute approximate surface area is 63.4 Å². The van der Waals surface area contributed by atoms with Crippen molar-refractivity contribution in [2.75, 3.05) is 0 Å². The SMILES string of the molecule is NC(=O)CC#Cc1cnoc1. The van der Waals surface area contributed by atoms with Crippen molar-refractivity contribution in [3.63, 3.8) is 0 Å². The zero-order valence-electron chi connectivity index (χ0n) is 5.70. The minimum atomic E-state index is -0.436. The van der Waals surface area contributed by atoms with Gasteiger partial charge < -0.3 is 10.3 Å². The average Bonchev–Trinajstić information content (AvgIpc) is 2.39. The maximum Gasteiger partial charge on any atom is 0.229 e. The molecule has 0 aromatic carbocycles. The summed E-state index contributed by atoms with van der Waals surface area (Å²) in [5.41, 5.74) is 5.50. The van der Waals surface area contributed by atoms with Gasteiger partial charge in [-0.3, -0.25) is 4.79 Å². The van der Waals surface area contributed by atoms with Crippen LogP contribution in [-0.2, 0) is 4.79 Å². The van der Waals surface area contributed by atoms with E-state index in [0.29, 0.717) is 5.56 Å². The van der Waals surface area contributed by atoms with Crippen LogP contribution in [0, 0.1) is 11.8 Å². The Balaban J connectivity index is 2.52. The van der Waals surface area contributed by atoms with Crippen molar-refractivity contribution < 1.29 is 9.32 Å². The third-order valence-electron chi connectivity index (χ3n) is 0.928. The van der Waals surface area contributed by atoms with Crippen LogP contribution in [0.4, 0.5) is 0 Å². The maximum absolute atomic E-state index is 10.2. The number of nitrogens with two attached hydrogens (primary N) is 1. The van der Waals surface area contributed by atoms with E-state index in [-0.39, 0.29) is 6.42 Å². The summed E-state index contributed by atoms with van der Waals surface area (Å²) in [6, 6.07) is 0. The normalized spacial score (nSPS) is 8.36. The second kappa shape index (κ2) is 3.42. The quantitative estimate of drug-likeness (QED) is 0.568. The number of hydrogen-bond donors (Lipinski definition) is 1. The number of amides is 1. The molecular formula is C7H6N2O2. The monoisotopic (exact) mass is 150 g/mol. The zero-order valence-corrected chi connectivity index (χ0v) is 5.70. The Morgan fingerprint density at radius 3 is 3.18 bits per heavy atom. The van der Waals surface area contributed by atoms with Crippen LogP contribution in [0.2, 0.25) is 0 Å². The van der Waals surface area contributed by atoms with E-state index < -0.39 is 5.91 Å². The van der Waals surface area contributed by atoms with Crippen molar-refractivity contribution in [3.05, 3.63) is 18.0 Å². The van der Waals surface area contributed by atoms with Crippen molar-refractivity contribution >= 4 is 5.91 Å². The lowest BCUT2D eigenvalue weighted by Crippen LogP contribution is -2.08. The van der Waals surface area contributed by atoms with E-state index in [1.807, 2.05) is 0 Å². The number of carbonyl (C=O) groups excluding carboxylic acids is 1. The van der Waals surface area contributed by atoms with Gasteiger partial charge in [0.05, 0.1) is 18.2 Å². The van der Waals surface area contributed by atoms with Gasteiger partial charge in [0.1, 0.15) is 6.26 Å². The minimum absolute atomic E-state index is 0.0607. The van der Waals surface area contributed by atoms with Gasteiger partial charge in [0, 0.05) is 0 Å². The second-order valence-corrected chi connectivity index (χ2v) is 1.86. The molecule has 0 saturated heterocycles. The molecule has 0 fully saturated rings. The summed E-state index contributed by atoms with van der Waals surface area (Å²) in [7, 11) is 0. The fraction of sp³-hybridized carbons (Fsp3) is 0.143. The fourth-order valence-corrected chi connectivity index (χ4v) is 0.500. The third-order valence-corrected chi connectivity index (χ3v) is 0.928. The Morgan fingerprint density at radius 1 is 1.82 bits per heavy atom. The summed E-state index contributed by atoms with van der Waals surface area (Å²) < 4.78 is 4.50. The van der Waals surface area contributed by atoms with E-state index in [2.05, 4.69) is 21.5 Å². The van der Waals surface area contributed by atoms with E-state index in [4.69, 9.17) is 5.73 Å². The van der Waals surface area contributed by atoms with Gasteiger partial charge in [0.2, 0.25) is 5.91 Å². The Kier molecular flexibility index (Phi) is 2.28. The molecule has 1 rings (SSSR count). The van der Waals surface area contributed by atoms with Gasteiger partial charge in [-0.1, -0.05) is 17.0 Å². The first-order chi connectivity index (χ1) is 5.29. The van der Waals surface area contributed by atoms with Gasteiger partial charge in [-0.05, 0) is 0 Å². The number of aromatic nitrogens is 1. The van der Waals surface area contributed by atoms with Crippen LogP contribution in [-0.4, -0.2) is 11.1 Å². The van der Waals surface area contributed by atoms with E-state index >= 15 is 0 Å². The topological polar surface area (TPSA) is 69.1 Å². The van der Waals surface area contributed by atoms with Gasteiger partial charge >= 0.3 is 0 Å². The molecule has 56 valence electrons. The lowest BCUT2D eigenvalue weighted by molar-refractivity contribution is -0.117. The molecule has 0 unspecified atom stereocenters. The van der Waals surface area contributed by atoms with Gasteiger partial charge in [-0.15, -0.1) is 0 Å². The largest absolute Gasteiger partial charge is 0.369 e. The van der Waals surface area contributed by atoms with Crippen molar-refractivity contribution in [1.29, 1.82) is 0 Å². The molecule has 1 amide bonds. The van der Waals surface area contributed by atoms with E-state index in [1.165, 1.54) is 12.5 Å².